The van der Waals surface area contributed by atoms with Gasteiger partial charge >= 0.3 is 0 Å². The van der Waals surface area contributed by atoms with Gasteiger partial charge in [-0.25, -0.2) is 9.97 Å². The summed E-state index contributed by atoms with van der Waals surface area (Å²) in [6, 6.07) is 6.39. The Balaban J connectivity index is 2.54. The fourth-order valence-electron chi connectivity index (χ4n) is 1.59. The van der Waals surface area contributed by atoms with Crippen LogP contribution in [0.15, 0.2) is 30.5 Å². The molecule has 92 valence electrons. The SMILES string of the molecule is CNc1ccnc(-c2cc([N+](=O)[O-])ccc2C)n1. The van der Waals surface area contributed by atoms with E-state index in [4.69, 9.17) is 0 Å². The molecule has 18 heavy (non-hydrogen) atoms. The molecule has 0 radical (unpaired) electrons. The van der Waals surface area contributed by atoms with E-state index in [1.165, 1.54) is 12.1 Å². The monoisotopic (exact) mass is 244 g/mol. The number of rotatable bonds is 3. The minimum absolute atomic E-state index is 0.0362. The van der Waals surface area contributed by atoms with Crippen LogP contribution in [0, 0.1) is 17.0 Å². The van der Waals surface area contributed by atoms with E-state index >= 15 is 0 Å². The van der Waals surface area contributed by atoms with Gasteiger partial charge in [0.25, 0.3) is 5.69 Å². The predicted molar refractivity (Wildman–Crippen MR) is 68.4 cm³/mol. The summed E-state index contributed by atoms with van der Waals surface area (Å²) in [6.45, 7) is 1.87. The number of aryl methyl sites for hydroxylation is 1. The maximum atomic E-state index is 10.8. The number of hydrogen-bond donors (Lipinski definition) is 1. The average molecular weight is 244 g/mol. The van der Waals surface area contributed by atoms with Crippen molar-refractivity contribution < 1.29 is 4.92 Å². The van der Waals surface area contributed by atoms with Gasteiger partial charge in [0.15, 0.2) is 5.82 Å². The molecular formula is C12H12N4O2. The molecule has 0 aliphatic rings. The van der Waals surface area contributed by atoms with E-state index in [-0.39, 0.29) is 5.69 Å². The van der Waals surface area contributed by atoms with Crippen molar-refractivity contribution in [1.82, 2.24) is 9.97 Å². The zero-order chi connectivity index (χ0) is 13.1. The van der Waals surface area contributed by atoms with Crippen LogP contribution in [-0.2, 0) is 0 Å². The Morgan fingerprint density at radius 3 is 2.78 bits per heavy atom. The number of anilines is 1. The predicted octanol–water partition coefficient (Wildman–Crippen LogP) is 2.40. The molecule has 0 fully saturated rings. The zero-order valence-corrected chi connectivity index (χ0v) is 10.0. The van der Waals surface area contributed by atoms with E-state index in [1.54, 1.807) is 25.4 Å². The van der Waals surface area contributed by atoms with Crippen LogP contribution in [-0.4, -0.2) is 21.9 Å². The molecule has 1 aromatic carbocycles. The van der Waals surface area contributed by atoms with Gasteiger partial charge in [0, 0.05) is 30.9 Å². The fourth-order valence-corrected chi connectivity index (χ4v) is 1.59. The van der Waals surface area contributed by atoms with Crippen LogP contribution in [0.2, 0.25) is 0 Å². The number of nitro groups is 1. The average Bonchev–Trinajstić information content (AvgIpc) is 2.39. The smallest absolute Gasteiger partial charge is 0.270 e. The molecule has 0 bridgehead atoms. The lowest BCUT2D eigenvalue weighted by Crippen LogP contribution is -1.98. The molecule has 0 atom stereocenters. The van der Waals surface area contributed by atoms with Gasteiger partial charge in [0.05, 0.1) is 4.92 Å². The highest BCUT2D eigenvalue weighted by atomic mass is 16.6. The van der Waals surface area contributed by atoms with Gasteiger partial charge in [0.1, 0.15) is 5.82 Å². The van der Waals surface area contributed by atoms with E-state index in [1.807, 2.05) is 6.92 Å². The summed E-state index contributed by atoms with van der Waals surface area (Å²) in [5, 5.41) is 13.7. The van der Waals surface area contributed by atoms with Crippen LogP contribution in [0.1, 0.15) is 5.56 Å². The van der Waals surface area contributed by atoms with Crippen molar-refractivity contribution >= 4 is 11.5 Å². The molecule has 0 aliphatic heterocycles. The third kappa shape index (κ3) is 2.27. The molecule has 1 aromatic heterocycles. The number of hydrogen-bond acceptors (Lipinski definition) is 5. The molecule has 0 unspecified atom stereocenters. The van der Waals surface area contributed by atoms with Crippen molar-refractivity contribution in [2.24, 2.45) is 0 Å². The van der Waals surface area contributed by atoms with Crippen molar-refractivity contribution in [3.05, 3.63) is 46.1 Å². The number of nitrogens with zero attached hydrogens (tertiary/aromatic N) is 3. The largest absolute Gasteiger partial charge is 0.373 e. The zero-order valence-electron chi connectivity index (χ0n) is 10.0. The second-order valence-electron chi connectivity index (χ2n) is 3.77. The molecule has 0 saturated heterocycles. The molecular weight excluding hydrogens is 232 g/mol. The maximum Gasteiger partial charge on any atom is 0.270 e. The Morgan fingerprint density at radius 1 is 1.33 bits per heavy atom. The van der Waals surface area contributed by atoms with Gasteiger partial charge in [-0.05, 0) is 18.6 Å². The lowest BCUT2D eigenvalue weighted by molar-refractivity contribution is -0.384. The number of nitro benzene ring substituents is 1. The first-order valence-electron chi connectivity index (χ1n) is 5.38. The highest BCUT2D eigenvalue weighted by Gasteiger charge is 2.12. The van der Waals surface area contributed by atoms with Crippen LogP contribution in [0.25, 0.3) is 11.4 Å². The molecule has 2 aromatic rings. The van der Waals surface area contributed by atoms with Crippen LogP contribution in [0.3, 0.4) is 0 Å². The third-order valence-electron chi connectivity index (χ3n) is 2.58. The van der Waals surface area contributed by atoms with Crippen LogP contribution in [0.5, 0.6) is 0 Å². The Labute approximate surface area is 104 Å². The van der Waals surface area contributed by atoms with Crippen molar-refractivity contribution in [3.63, 3.8) is 0 Å². The topological polar surface area (TPSA) is 81.0 Å². The Bertz CT molecular complexity index is 598. The van der Waals surface area contributed by atoms with E-state index in [0.29, 0.717) is 17.2 Å². The summed E-state index contributed by atoms with van der Waals surface area (Å²) >= 11 is 0. The minimum atomic E-state index is -0.426. The lowest BCUT2D eigenvalue weighted by Gasteiger charge is -2.06. The number of non-ortho nitro benzene ring substituents is 1. The van der Waals surface area contributed by atoms with Gasteiger partial charge in [-0.2, -0.15) is 0 Å². The lowest BCUT2D eigenvalue weighted by atomic mass is 10.1. The summed E-state index contributed by atoms with van der Waals surface area (Å²) in [7, 11) is 1.76. The maximum absolute atomic E-state index is 10.8. The van der Waals surface area contributed by atoms with Crippen LogP contribution in [0.4, 0.5) is 11.5 Å². The number of aromatic nitrogens is 2. The summed E-state index contributed by atoms with van der Waals surface area (Å²) < 4.78 is 0. The van der Waals surface area contributed by atoms with Crippen molar-refractivity contribution in [2.45, 2.75) is 6.92 Å². The highest BCUT2D eigenvalue weighted by molar-refractivity contribution is 5.64. The van der Waals surface area contributed by atoms with Crippen LogP contribution >= 0.6 is 0 Å². The van der Waals surface area contributed by atoms with Gasteiger partial charge in [-0.1, -0.05) is 6.07 Å². The third-order valence-corrected chi connectivity index (χ3v) is 2.58. The second kappa shape index (κ2) is 4.79. The van der Waals surface area contributed by atoms with Crippen molar-refractivity contribution in [3.8, 4) is 11.4 Å². The quantitative estimate of drug-likeness (QED) is 0.662. The fraction of sp³-hybridized carbons (Fsp3) is 0.167. The highest BCUT2D eigenvalue weighted by Crippen LogP contribution is 2.25. The van der Waals surface area contributed by atoms with Gasteiger partial charge in [-0.3, -0.25) is 10.1 Å². The summed E-state index contributed by atoms with van der Waals surface area (Å²) in [6.07, 6.45) is 1.62. The molecule has 6 heteroatoms. The first kappa shape index (κ1) is 12.0. The molecule has 0 spiro atoms. The standard InChI is InChI=1S/C12H12N4O2/c1-8-3-4-9(16(17)18)7-10(8)12-14-6-5-11(13-2)15-12/h3-7H,1-2H3,(H,13,14,15). The van der Waals surface area contributed by atoms with Crippen molar-refractivity contribution in [1.29, 1.82) is 0 Å². The summed E-state index contributed by atoms with van der Waals surface area (Å²) in [5.41, 5.74) is 1.60. The van der Waals surface area contributed by atoms with Gasteiger partial charge < -0.3 is 5.32 Å². The Morgan fingerprint density at radius 2 is 2.11 bits per heavy atom. The van der Waals surface area contributed by atoms with Gasteiger partial charge in [0.2, 0.25) is 0 Å². The number of nitrogens with one attached hydrogen (secondary N) is 1. The normalized spacial score (nSPS) is 10.1. The molecule has 1 N–H and O–H groups in total. The molecule has 0 aliphatic carbocycles. The molecule has 1 heterocycles. The summed E-state index contributed by atoms with van der Waals surface area (Å²) in [5.74, 6) is 1.15. The van der Waals surface area contributed by atoms with Gasteiger partial charge in [-0.15, -0.1) is 0 Å². The number of benzene rings is 1. The van der Waals surface area contributed by atoms with Crippen molar-refractivity contribution in [2.75, 3.05) is 12.4 Å². The Hall–Kier alpha value is -2.50. The van der Waals surface area contributed by atoms with E-state index in [9.17, 15) is 10.1 Å². The van der Waals surface area contributed by atoms with E-state index < -0.39 is 4.92 Å². The molecule has 2 rings (SSSR count). The minimum Gasteiger partial charge on any atom is -0.373 e. The molecule has 6 nitrogen and oxygen atoms in total. The van der Waals surface area contributed by atoms with E-state index in [0.717, 1.165) is 5.56 Å². The summed E-state index contributed by atoms with van der Waals surface area (Å²) in [4.78, 5) is 18.8. The molecule has 0 saturated carbocycles. The first-order chi connectivity index (χ1) is 8.61. The van der Waals surface area contributed by atoms with E-state index in [2.05, 4.69) is 15.3 Å². The molecule has 0 amide bonds. The first-order valence-corrected chi connectivity index (χ1v) is 5.38. The Kier molecular flexibility index (Phi) is 3.18. The van der Waals surface area contributed by atoms with Crippen LogP contribution < -0.4 is 5.32 Å². The second-order valence-corrected chi connectivity index (χ2v) is 3.77.